The SMILES string of the molecule is O=C(O)C1CCCCN1C(c1ccc(-c2ccccc2)cc1)c1ccccc1Cl. The molecular weight excluding hydrogens is 382 g/mol. The van der Waals surface area contributed by atoms with Gasteiger partial charge in [-0.05, 0) is 47.7 Å². The number of benzene rings is 3. The molecule has 4 heteroatoms. The number of likely N-dealkylation sites (tertiary alicyclic amines) is 1. The van der Waals surface area contributed by atoms with Crippen LogP contribution >= 0.6 is 11.6 Å². The van der Waals surface area contributed by atoms with Crippen LogP contribution in [0.2, 0.25) is 5.02 Å². The number of piperidine rings is 1. The molecule has 2 unspecified atom stereocenters. The Bertz CT molecular complexity index is 972. The number of nitrogens with zero attached hydrogens (tertiary/aromatic N) is 1. The van der Waals surface area contributed by atoms with Crippen molar-refractivity contribution in [2.45, 2.75) is 31.3 Å². The van der Waals surface area contributed by atoms with Crippen LogP contribution in [0.25, 0.3) is 11.1 Å². The maximum atomic E-state index is 12.0. The van der Waals surface area contributed by atoms with Crippen LogP contribution in [0, 0.1) is 0 Å². The van der Waals surface area contributed by atoms with Crippen molar-refractivity contribution in [3.8, 4) is 11.1 Å². The number of hydrogen-bond acceptors (Lipinski definition) is 2. The minimum Gasteiger partial charge on any atom is -0.480 e. The van der Waals surface area contributed by atoms with Gasteiger partial charge in [0.1, 0.15) is 6.04 Å². The molecule has 29 heavy (non-hydrogen) atoms. The Morgan fingerprint density at radius 1 is 0.897 bits per heavy atom. The molecule has 0 amide bonds. The van der Waals surface area contributed by atoms with Crippen LogP contribution in [0.3, 0.4) is 0 Å². The number of carbonyl (C=O) groups is 1. The Kier molecular flexibility index (Phi) is 5.98. The summed E-state index contributed by atoms with van der Waals surface area (Å²) in [5.41, 5.74) is 4.32. The summed E-state index contributed by atoms with van der Waals surface area (Å²) in [6.07, 6.45) is 2.60. The predicted molar refractivity (Wildman–Crippen MR) is 117 cm³/mol. The second-order valence-corrected chi connectivity index (χ2v) is 7.91. The zero-order chi connectivity index (χ0) is 20.2. The van der Waals surface area contributed by atoms with Crippen LogP contribution in [0.1, 0.15) is 36.4 Å². The van der Waals surface area contributed by atoms with Gasteiger partial charge < -0.3 is 5.11 Å². The van der Waals surface area contributed by atoms with Crippen LogP contribution in [-0.4, -0.2) is 28.6 Å². The summed E-state index contributed by atoms with van der Waals surface area (Å²) < 4.78 is 0. The first-order chi connectivity index (χ1) is 14.1. The van der Waals surface area contributed by atoms with E-state index in [9.17, 15) is 9.90 Å². The normalized spacial score (nSPS) is 18.3. The number of hydrogen-bond donors (Lipinski definition) is 1. The molecule has 3 aromatic rings. The highest BCUT2D eigenvalue weighted by Crippen LogP contribution is 2.38. The van der Waals surface area contributed by atoms with Crippen molar-refractivity contribution in [3.63, 3.8) is 0 Å². The molecule has 1 aliphatic rings. The summed E-state index contributed by atoms with van der Waals surface area (Å²) in [5.74, 6) is -0.761. The van der Waals surface area contributed by atoms with Gasteiger partial charge in [0, 0.05) is 5.02 Å². The Morgan fingerprint density at radius 3 is 2.24 bits per heavy atom. The predicted octanol–water partition coefficient (Wildman–Crippen LogP) is 6.04. The van der Waals surface area contributed by atoms with E-state index in [0.717, 1.165) is 41.6 Å². The molecule has 0 saturated carbocycles. The molecule has 3 aromatic carbocycles. The van der Waals surface area contributed by atoms with Gasteiger partial charge in [0.05, 0.1) is 6.04 Å². The fourth-order valence-electron chi connectivity index (χ4n) is 4.26. The van der Waals surface area contributed by atoms with Crippen LogP contribution < -0.4 is 0 Å². The van der Waals surface area contributed by atoms with E-state index in [1.165, 1.54) is 0 Å². The average Bonchev–Trinajstić information content (AvgIpc) is 2.77. The van der Waals surface area contributed by atoms with E-state index in [2.05, 4.69) is 41.3 Å². The van der Waals surface area contributed by atoms with Crippen molar-refractivity contribution >= 4 is 17.6 Å². The number of halogens is 1. The lowest BCUT2D eigenvalue weighted by atomic mass is 9.90. The largest absolute Gasteiger partial charge is 0.480 e. The zero-order valence-corrected chi connectivity index (χ0v) is 16.9. The van der Waals surface area contributed by atoms with E-state index in [-0.39, 0.29) is 6.04 Å². The molecule has 1 fully saturated rings. The minimum atomic E-state index is -0.761. The number of rotatable bonds is 5. The number of carboxylic acids is 1. The van der Waals surface area contributed by atoms with E-state index in [1.54, 1.807) is 0 Å². The topological polar surface area (TPSA) is 40.5 Å². The molecule has 0 aromatic heterocycles. The quantitative estimate of drug-likeness (QED) is 0.562. The molecule has 0 radical (unpaired) electrons. The highest BCUT2D eigenvalue weighted by molar-refractivity contribution is 6.31. The molecule has 3 nitrogen and oxygen atoms in total. The van der Waals surface area contributed by atoms with Crippen molar-refractivity contribution in [2.24, 2.45) is 0 Å². The maximum Gasteiger partial charge on any atom is 0.320 e. The Hall–Kier alpha value is -2.62. The molecule has 0 bridgehead atoms. The highest BCUT2D eigenvalue weighted by atomic mass is 35.5. The highest BCUT2D eigenvalue weighted by Gasteiger charge is 2.35. The smallest absolute Gasteiger partial charge is 0.320 e. The summed E-state index contributed by atoms with van der Waals surface area (Å²) in [6.45, 7) is 0.743. The monoisotopic (exact) mass is 405 g/mol. The van der Waals surface area contributed by atoms with Gasteiger partial charge in [0.2, 0.25) is 0 Å². The van der Waals surface area contributed by atoms with Crippen molar-refractivity contribution < 1.29 is 9.90 Å². The molecular formula is C25H24ClNO2. The van der Waals surface area contributed by atoms with Gasteiger partial charge in [-0.25, -0.2) is 0 Å². The zero-order valence-electron chi connectivity index (χ0n) is 16.2. The first-order valence-corrected chi connectivity index (χ1v) is 10.4. The molecule has 1 heterocycles. The molecule has 0 spiro atoms. The van der Waals surface area contributed by atoms with Crippen molar-refractivity contribution in [3.05, 3.63) is 95.0 Å². The molecule has 1 saturated heterocycles. The van der Waals surface area contributed by atoms with Gasteiger partial charge in [0.15, 0.2) is 0 Å². The van der Waals surface area contributed by atoms with Crippen LogP contribution in [0.15, 0.2) is 78.9 Å². The van der Waals surface area contributed by atoms with Crippen molar-refractivity contribution in [1.29, 1.82) is 0 Å². The van der Waals surface area contributed by atoms with Crippen molar-refractivity contribution in [2.75, 3.05) is 6.54 Å². The molecule has 2 atom stereocenters. The van der Waals surface area contributed by atoms with Gasteiger partial charge in [-0.1, -0.05) is 90.8 Å². The standard InChI is InChI=1S/C25H24ClNO2/c26-22-11-5-4-10-21(22)24(27-17-7-6-12-23(27)25(28)29)20-15-13-19(14-16-20)18-8-2-1-3-9-18/h1-5,8-11,13-16,23-24H,6-7,12,17H2,(H,28,29). The maximum absolute atomic E-state index is 12.0. The van der Waals surface area contributed by atoms with Gasteiger partial charge in [-0.15, -0.1) is 0 Å². The van der Waals surface area contributed by atoms with E-state index >= 15 is 0 Å². The van der Waals surface area contributed by atoms with Crippen LogP contribution in [-0.2, 0) is 4.79 Å². The first-order valence-electron chi connectivity index (χ1n) is 10.0. The third-order valence-corrected chi connectivity index (χ3v) is 6.04. The third-order valence-electron chi connectivity index (χ3n) is 5.69. The fraction of sp³-hybridized carbons (Fsp3) is 0.240. The average molecular weight is 406 g/mol. The van der Waals surface area contributed by atoms with E-state index < -0.39 is 12.0 Å². The number of carboxylic acid groups (broad SMARTS) is 1. The Morgan fingerprint density at radius 2 is 1.55 bits per heavy atom. The molecule has 1 N–H and O–H groups in total. The lowest BCUT2D eigenvalue weighted by molar-refractivity contribution is -0.145. The van der Waals surface area contributed by atoms with Crippen LogP contribution in [0.5, 0.6) is 0 Å². The molecule has 0 aliphatic carbocycles. The summed E-state index contributed by atoms with van der Waals surface area (Å²) in [7, 11) is 0. The minimum absolute atomic E-state index is 0.185. The van der Waals surface area contributed by atoms with Gasteiger partial charge in [-0.2, -0.15) is 0 Å². The van der Waals surface area contributed by atoms with Crippen molar-refractivity contribution in [1.82, 2.24) is 4.90 Å². The molecule has 4 rings (SSSR count). The summed E-state index contributed by atoms with van der Waals surface area (Å²) in [6, 6.07) is 25.7. The fourth-order valence-corrected chi connectivity index (χ4v) is 4.50. The molecule has 148 valence electrons. The van der Waals surface area contributed by atoms with E-state index in [1.807, 2.05) is 42.5 Å². The number of aliphatic carboxylic acids is 1. The first kappa shape index (κ1) is 19.7. The van der Waals surface area contributed by atoms with Gasteiger partial charge in [0.25, 0.3) is 0 Å². The Labute approximate surface area is 176 Å². The molecule has 1 aliphatic heterocycles. The lowest BCUT2D eigenvalue weighted by Gasteiger charge is -2.40. The summed E-state index contributed by atoms with van der Waals surface area (Å²) in [4.78, 5) is 14.1. The van der Waals surface area contributed by atoms with Gasteiger partial charge >= 0.3 is 5.97 Å². The second kappa shape index (κ2) is 8.81. The summed E-state index contributed by atoms with van der Waals surface area (Å²) in [5, 5.41) is 10.5. The Balaban J connectivity index is 1.76. The second-order valence-electron chi connectivity index (χ2n) is 7.50. The van der Waals surface area contributed by atoms with Crippen LogP contribution in [0.4, 0.5) is 0 Å². The summed E-state index contributed by atoms with van der Waals surface area (Å²) >= 11 is 6.57. The third kappa shape index (κ3) is 4.21. The van der Waals surface area contributed by atoms with E-state index in [4.69, 9.17) is 11.6 Å². The van der Waals surface area contributed by atoms with Gasteiger partial charge in [-0.3, -0.25) is 9.69 Å². The van der Waals surface area contributed by atoms with E-state index in [0.29, 0.717) is 11.4 Å². The lowest BCUT2D eigenvalue weighted by Crippen LogP contribution is -2.46.